The molecule has 0 aromatic carbocycles. The minimum absolute atomic E-state index is 0.848. The fourth-order valence-corrected chi connectivity index (χ4v) is 4.44. The van der Waals surface area contributed by atoms with Crippen LogP contribution in [-0.2, 0) is 0 Å². The minimum Gasteiger partial charge on any atom is -0.357 e. The van der Waals surface area contributed by atoms with Gasteiger partial charge in [0, 0.05) is 62.8 Å². The summed E-state index contributed by atoms with van der Waals surface area (Å²) in [5, 5.41) is 5.46. The maximum absolute atomic E-state index is 4.82. The van der Waals surface area contributed by atoms with Crippen molar-refractivity contribution < 1.29 is 0 Å². The van der Waals surface area contributed by atoms with E-state index in [9.17, 15) is 0 Å². The molecule has 0 unspecified atom stereocenters. The molecule has 140 valence electrons. The van der Waals surface area contributed by atoms with Crippen LogP contribution in [0.25, 0.3) is 0 Å². The van der Waals surface area contributed by atoms with Gasteiger partial charge in [-0.25, -0.2) is 9.97 Å². The van der Waals surface area contributed by atoms with Gasteiger partial charge in [-0.2, -0.15) is 0 Å². The Labute approximate surface area is 163 Å². The number of nitrogens with one attached hydrogen (secondary N) is 1. The van der Waals surface area contributed by atoms with E-state index in [0.29, 0.717) is 0 Å². The third-order valence-electron chi connectivity index (χ3n) is 4.09. The Kier molecular flexibility index (Phi) is 7.57. The molecule has 1 N–H and O–H groups in total. The van der Waals surface area contributed by atoms with Crippen molar-refractivity contribution in [1.82, 2.24) is 20.2 Å². The lowest BCUT2D eigenvalue weighted by atomic mass is 10.3. The Hall–Kier alpha value is -1.80. The molecule has 3 rings (SSSR count). The van der Waals surface area contributed by atoms with Crippen molar-refractivity contribution in [1.29, 1.82) is 0 Å². The summed E-state index contributed by atoms with van der Waals surface area (Å²) in [5.74, 6) is 3.16. The number of piperazine rings is 1. The second-order valence-electron chi connectivity index (χ2n) is 5.90. The van der Waals surface area contributed by atoms with Crippen LogP contribution in [0.15, 0.2) is 45.3 Å². The largest absolute Gasteiger partial charge is 0.357 e. The smallest absolute Gasteiger partial charge is 0.194 e. The lowest BCUT2D eigenvalue weighted by Gasteiger charge is -2.37. The maximum atomic E-state index is 4.82. The lowest BCUT2D eigenvalue weighted by molar-refractivity contribution is 0.371. The molecule has 26 heavy (non-hydrogen) atoms. The number of guanidine groups is 1. The standard InChI is InChI=1S/C18H26N6S2/c1-2-19-17(21-8-5-14-25-18-22-9-15-26-18)24-12-10-23(11-13-24)16-6-3-4-7-20-16/h3-4,6-7,9,15H,2,5,8,10-14H2,1H3,(H,19,21). The fraction of sp³-hybridized carbons (Fsp3) is 0.500. The molecule has 1 saturated heterocycles. The van der Waals surface area contributed by atoms with Gasteiger partial charge in [0.2, 0.25) is 0 Å². The van der Waals surface area contributed by atoms with Crippen molar-refractivity contribution in [3.05, 3.63) is 36.0 Å². The number of aliphatic imine (C=N–C) groups is 1. The van der Waals surface area contributed by atoms with E-state index in [2.05, 4.69) is 38.1 Å². The Balaban J connectivity index is 1.45. The van der Waals surface area contributed by atoms with E-state index in [1.54, 1.807) is 11.3 Å². The van der Waals surface area contributed by atoms with Crippen LogP contribution in [0.5, 0.6) is 0 Å². The SMILES string of the molecule is CCNC(=NCCCSc1nccs1)N1CCN(c2ccccn2)CC1. The molecule has 2 aromatic rings. The first-order chi connectivity index (χ1) is 12.9. The molecule has 2 aromatic heterocycles. The second-order valence-corrected chi connectivity index (χ2v) is 8.13. The van der Waals surface area contributed by atoms with Gasteiger partial charge < -0.3 is 15.1 Å². The highest BCUT2D eigenvalue weighted by Gasteiger charge is 2.20. The van der Waals surface area contributed by atoms with Gasteiger partial charge in [-0.05, 0) is 25.5 Å². The van der Waals surface area contributed by atoms with Crippen molar-refractivity contribution in [2.24, 2.45) is 4.99 Å². The van der Waals surface area contributed by atoms with Crippen LogP contribution in [-0.4, -0.2) is 65.8 Å². The van der Waals surface area contributed by atoms with E-state index in [0.717, 1.165) is 67.6 Å². The van der Waals surface area contributed by atoms with Gasteiger partial charge in [0.25, 0.3) is 0 Å². The normalized spacial score (nSPS) is 15.3. The lowest BCUT2D eigenvalue weighted by Crippen LogP contribution is -2.52. The summed E-state index contributed by atoms with van der Waals surface area (Å²) in [6.07, 6.45) is 4.78. The van der Waals surface area contributed by atoms with E-state index in [-0.39, 0.29) is 0 Å². The Morgan fingerprint density at radius 3 is 2.81 bits per heavy atom. The van der Waals surface area contributed by atoms with E-state index >= 15 is 0 Å². The number of nitrogens with zero attached hydrogens (tertiary/aromatic N) is 5. The molecule has 0 radical (unpaired) electrons. The number of pyridine rings is 1. The maximum Gasteiger partial charge on any atom is 0.194 e. The van der Waals surface area contributed by atoms with Gasteiger partial charge in [-0.1, -0.05) is 17.8 Å². The highest BCUT2D eigenvalue weighted by molar-refractivity contribution is 8.00. The average Bonchev–Trinajstić information content (AvgIpc) is 3.21. The van der Waals surface area contributed by atoms with Crippen LogP contribution in [0.2, 0.25) is 0 Å². The fourth-order valence-electron chi connectivity index (χ4n) is 2.80. The molecular weight excluding hydrogens is 364 g/mol. The van der Waals surface area contributed by atoms with Gasteiger partial charge in [0.15, 0.2) is 5.96 Å². The summed E-state index contributed by atoms with van der Waals surface area (Å²) >= 11 is 3.52. The van der Waals surface area contributed by atoms with Crippen LogP contribution < -0.4 is 10.2 Å². The number of anilines is 1. The molecule has 0 atom stereocenters. The number of thioether (sulfide) groups is 1. The summed E-state index contributed by atoms with van der Waals surface area (Å²) in [6.45, 7) is 7.75. The highest BCUT2D eigenvalue weighted by Crippen LogP contribution is 2.20. The third kappa shape index (κ3) is 5.60. The minimum atomic E-state index is 0.848. The molecule has 0 saturated carbocycles. The van der Waals surface area contributed by atoms with Crippen molar-refractivity contribution in [3.8, 4) is 0 Å². The number of thiazole rings is 1. The third-order valence-corrected chi connectivity index (χ3v) is 6.14. The molecule has 0 bridgehead atoms. The van der Waals surface area contributed by atoms with Gasteiger partial charge in [0.1, 0.15) is 10.2 Å². The summed E-state index contributed by atoms with van der Waals surface area (Å²) < 4.78 is 1.14. The van der Waals surface area contributed by atoms with Crippen LogP contribution in [0, 0.1) is 0 Å². The quantitative estimate of drug-likeness (QED) is 0.340. The molecule has 6 nitrogen and oxygen atoms in total. The number of hydrogen-bond donors (Lipinski definition) is 1. The van der Waals surface area contributed by atoms with Gasteiger partial charge in [0.05, 0.1) is 0 Å². The molecule has 1 aliphatic heterocycles. The van der Waals surface area contributed by atoms with Gasteiger partial charge >= 0.3 is 0 Å². The van der Waals surface area contributed by atoms with Crippen LogP contribution >= 0.6 is 23.1 Å². The zero-order valence-corrected chi connectivity index (χ0v) is 16.8. The van der Waals surface area contributed by atoms with Crippen LogP contribution in [0.4, 0.5) is 5.82 Å². The Bertz CT molecular complexity index is 654. The highest BCUT2D eigenvalue weighted by atomic mass is 32.2. The van der Waals surface area contributed by atoms with Crippen molar-refractivity contribution in [2.45, 2.75) is 17.7 Å². The molecule has 8 heteroatoms. The van der Waals surface area contributed by atoms with E-state index in [4.69, 9.17) is 4.99 Å². The van der Waals surface area contributed by atoms with Crippen molar-refractivity contribution in [2.75, 3.05) is 49.9 Å². The van der Waals surface area contributed by atoms with Crippen molar-refractivity contribution in [3.63, 3.8) is 0 Å². The summed E-state index contributed by atoms with van der Waals surface area (Å²) in [6, 6.07) is 6.08. The molecule has 0 amide bonds. The number of hydrogen-bond acceptors (Lipinski definition) is 6. The zero-order chi connectivity index (χ0) is 18.0. The Morgan fingerprint density at radius 2 is 2.12 bits per heavy atom. The number of rotatable bonds is 7. The predicted octanol–water partition coefficient (Wildman–Crippen LogP) is 2.81. The first-order valence-electron chi connectivity index (χ1n) is 9.08. The first-order valence-corrected chi connectivity index (χ1v) is 10.9. The van der Waals surface area contributed by atoms with E-state index in [1.165, 1.54) is 0 Å². The molecule has 0 aliphatic carbocycles. The van der Waals surface area contributed by atoms with Gasteiger partial charge in [-0.3, -0.25) is 4.99 Å². The van der Waals surface area contributed by atoms with E-state index < -0.39 is 0 Å². The molecule has 1 fully saturated rings. The molecular formula is C18H26N6S2. The summed E-state index contributed by atoms with van der Waals surface area (Å²) in [7, 11) is 0. The topological polar surface area (TPSA) is 56.7 Å². The zero-order valence-electron chi connectivity index (χ0n) is 15.2. The predicted molar refractivity (Wildman–Crippen MR) is 111 cm³/mol. The number of aromatic nitrogens is 2. The van der Waals surface area contributed by atoms with E-state index in [1.807, 2.05) is 41.7 Å². The van der Waals surface area contributed by atoms with Crippen LogP contribution in [0.3, 0.4) is 0 Å². The molecule has 3 heterocycles. The van der Waals surface area contributed by atoms with Crippen LogP contribution in [0.1, 0.15) is 13.3 Å². The van der Waals surface area contributed by atoms with Gasteiger partial charge in [-0.15, -0.1) is 11.3 Å². The molecule has 1 aliphatic rings. The first kappa shape index (κ1) is 19.0. The Morgan fingerprint density at radius 1 is 1.23 bits per heavy atom. The summed E-state index contributed by atoms with van der Waals surface area (Å²) in [5.41, 5.74) is 0. The second kappa shape index (κ2) is 10.4. The average molecular weight is 391 g/mol. The van der Waals surface area contributed by atoms with Crippen molar-refractivity contribution >= 4 is 34.9 Å². The summed E-state index contributed by atoms with van der Waals surface area (Å²) in [4.78, 5) is 18.3. The molecule has 0 spiro atoms. The monoisotopic (exact) mass is 390 g/mol.